The van der Waals surface area contributed by atoms with Crippen molar-refractivity contribution in [3.63, 3.8) is 0 Å². The van der Waals surface area contributed by atoms with Crippen LogP contribution >= 0.6 is 0 Å². The molecule has 0 unspecified atom stereocenters. The lowest BCUT2D eigenvalue weighted by molar-refractivity contribution is 0.403. The van der Waals surface area contributed by atoms with Crippen LogP contribution in [-0.4, -0.2) is 38.8 Å². The first-order chi connectivity index (χ1) is 14.0. The highest BCUT2D eigenvalue weighted by atomic mass is 15.0. The van der Waals surface area contributed by atoms with Gasteiger partial charge >= 0.3 is 0 Å². The number of nitrogens with zero attached hydrogens (tertiary/aromatic N) is 1. The number of hydrogen-bond donors (Lipinski definition) is 1. The first-order valence-corrected chi connectivity index (χ1v) is 10.5. The van der Waals surface area contributed by atoms with Crippen molar-refractivity contribution in [3.8, 4) is 0 Å². The van der Waals surface area contributed by atoms with Crippen LogP contribution < -0.4 is 22.1 Å². The van der Waals surface area contributed by atoms with Crippen molar-refractivity contribution >= 4 is 23.1 Å². The molecule has 3 aromatic rings. The van der Waals surface area contributed by atoms with Crippen LogP contribution in [0, 0.1) is 20.8 Å². The monoisotopic (exact) mass is 386 g/mol. The Hall–Kier alpha value is -2.36. The fraction of sp³-hybridized carbons (Fsp3) is 0.308. The SMILES string of the molecule is CN(C)CCCN.Cc1ccccc1B(c1ccccc1C)c1ccccc1C. The van der Waals surface area contributed by atoms with Crippen LogP contribution in [0.4, 0.5) is 0 Å². The molecule has 3 heteroatoms. The fourth-order valence-corrected chi connectivity index (χ4v) is 3.64. The Morgan fingerprint density at radius 3 is 1.24 bits per heavy atom. The van der Waals surface area contributed by atoms with Gasteiger partial charge in [0.15, 0.2) is 0 Å². The molecule has 0 saturated heterocycles. The van der Waals surface area contributed by atoms with Gasteiger partial charge in [-0.1, -0.05) is 106 Å². The van der Waals surface area contributed by atoms with Gasteiger partial charge in [-0.25, -0.2) is 0 Å². The Morgan fingerprint density at radius 1 is 0.655 bits per heavy atom. The summed E-state index contributed by atoms with van der Waals surface area (Å²) in [6.45, 7) is 8.83. The van der Waals surface area contributed by atoms with Crippen molar-refractivity contribution in [2.75, 3.05) is 27.2 Å². The average molecular weight is 386 g/mol. The molecule has 0 atom stereocenters. The summed E-state index contributed by atoms with van der Waals surface area (Å²) in [5.74, 6) is 0. The van der Waals surface area contributed by atoms with E-state index in [0.717, 1.165) is 19.5 Å². The third kappa shape index (κ3) is 6.59. The summed E-state index contributed by atoms with van der Waals surface area (Å²) in [7, 11) is 4.10. The summed E-state index contributed by atoms with van der Waals surface area (Å²) in [4.78, 5) is 2.13. The molecule has 3 rings (SSSR count). The minimum absolute atomic E-state index is 0.295. The van der Waals surface area contributed by atoms with Crippen molar-refractivity contribution in [2.45, 2.75) is 27.2 Å². The predicted octanol–water partition coefficient (Wildman–Crippen LogP) is 3.02. The third-order valence-electron chi connectivity index (χ3n) is 5.31. The van der Waals surface area contributed by atoms with Crippen molar-refractivity contribution in [1.29, 1.82) is 0 Å². The largest absolute Gasteiger partial charge is 0.330 e. The molecule has 0 aliphatic heterocycles. The molecular formula is C26H35BN2. The zero-order chi connectivity index (χ0) is 21.2. The van der Waals surface area contributed by atoms with Crippen molar-refractivity contribution in [2.24, 2.45) is 5.73 Å². The average Bonchev–Trinajstić information content (AvgIpc) is 2.71. The number of nitrogens with two attached hydrogens (primary N) is 1. The topological polar surface area (TPSA) is 29.3 Å². The Kier molecular flexibility index (Phi) is 9.17. The maximum atomic E-state index is 5.25. The first-order valence-electron chi connectivity index (χ1n) is 10.5. The normalized spacial score (nSPS) is 10.4. The van der Waals surface area contributed by atoms with E-state index in [-0.39, 0.29) is 0 Å². The van der Waals surface area contributed by atoms with Gasteiger partial charge in [-0.3, -0.25) is 0 Å². The van der Waals surface area contributed by atoms with E-state index in [4.69, 9.17) is 5.73 Å². The third-order valence-corrected chi connectivity index (χ3v) is 5.31. The van der Waals surface area contributed by atoms with E-state index in [2.05, 4.69) is 113 Å². The molecule has 0 saturated carbocycles. The Bertz CT molecular complexity index is 781. The molecule has 0 spiro atoms. The number of benzene rings is 3. The number of hydrogen-bond acceptors (Lipinski definition) is 2. The smallest absolute Gasteiger partial charge is 0.242 e. The van der Waals surface area contributed by atoms with E-state index in [1.165, 1.54) is 33.1 Å². The van der Waals surface area contributed by atoms with E-state index in [1.54, 1.807) is 0 Å². The van der Waals surface area contributed by atoms with E-state index < -0.39 is 0 Å². The standard InChI is InChI=1S/C21H21B.C5H14N2/c1-16-10-4-7-13-19(16)22(20-14-8-5-11-17(20)2)21-15-9-6-12-18(21)3;1-7(2)5-3-4-6/h4-15H,1-3H3;3-6H2,1-2H3. The highest BCUT2D eigenvalue weighted by molar-refractivity contribution is 6.96. The summed E-state index contributed by atoms with van der Waals surface area (Å²) >= 11 is 0. The van der Waals surface area contributed by atoms with Crippen molar-refractivity contribution in [1.82, 2.24) is 4.90 Å². The molecule has 29 heavy (non-hydrogen) atoms. The molecule has 0 heterocycles. The second-order valence-electron chi connectivity index (χ2n) is 7.95. The highest BCUT2D eigenvalue weighted by Crippen LogP contribution is 2.05. The van der Waals surface area contributed by atoms with Gasteiger partial charge in [0.25, 0.3) is 0 Å². The molecule has 3 aromatic carbocycles. The van der Waals surface area contributed by atoms with Crippen LogP contribution in [-0.2, 0) is 0 Å². The van der Waals surface area contributed by atoms with Gasteiger partial charge in [0.05, 0.1) is 0 Å². The van der Waals surface area contributed by atoms with Crippen LogP contribution in [0.2, 0.25) is 0 Å². The predicted molar refractivity (Wildman–Crippen MR) is 130 cm³/mol. The minimum atomic E-state index is 0.295. The van der Waals surface area contributed by atoms with E-state index in [9.17, 15) is 0 Å². The first kappa shape index (κ1) is 22.9. The second-order valence-corrected chi connectivity index (χ2v) is 7.95. The fourth-order valence-electron chi connectivity index (χ4n) is 3.64. The van der Waals surface area contributed by atoms with Gasteiger partial charge in [-0.05, 0) is 54.4 Å². The van der Waals surface area contributed by atoms with Crippen LogP contribution in [0.5, 0.6) is 0 Å². The Morgan fingerprint density at radius 2 is 1.00 bits per heavy atom. The van der Waals surface area contributed by atoms with Gasteiger partial charge < -0.3 is 10.6 Å². The Balaban J connectivity index is 0.000000370. The quantitative estimate of drug-likeness (QED) is 0.660. The lowest BCUT2D eigenvalue weighted by atomic mass is 9.35. The van der Waals surface area contributed by atoms with Gasteiger partial charge in [0.2, 0.25) is 6.71 Å². The lowest BCUT2D eigenvalue weighted by Gasteiger charge is -2.21. The molecule has 0 aliphatic rings. The summed E-state index contributed by atoms with van der Waals surface area (Å²) in [5.41, 5.74) is 13.5. The van der Waals surface area contributed by atoms with Crippen LogP contribution in [0.3, 0.4) is 0 Å². The summed E-state index contributed by atoms with van der Waals surface area (Å²) in [5, 5.41) is 0. The molecule has 0 radical (unpaired) electrons. The minimum Gasteiger partial charge on any atom is -0.330 e. The molecule has 0 aliphatic carbocycles. The van der Waals surface area contributed by atoms with Crippen LogP contribution in [0.15, 0.2) is 72.8 Å². The zero-order valence-corrected chi connectivity index (χ0v) is 18.7. The maximum Gasteiger partial charge on any atom is 0.242 e. The number of rotatable bonds is 6. The highest BCUT2D eigenvalue weighted by Gasteiger charge is 2.25. The zero-order valence-electron chi connectivity index (χ0n) is 18.7. The van der Waals surface area contributed by atoms with Crippen LogP contribution in [0.1, 0.15) is 23.1 Å². The molecular weight excluding hydrogens is 351 g/mol. The summed E-state index contributed by atoms with van der Waals surface area (Å²) < 4.78 is 0. The molecule has 0 amide bonds. The summed E-state index contributed by atoms with van der Waals surface area (Å²) in [6, 6.07) is 26.2. The molecule has 2 N–H and O–H groups in total. The summed E-state index contributed by atoms with van der Waals surface area (Å²) in [6.07, 6.45) is 1.10. The van der Waals surface area contributed by atoms with E-state index in [1.807, 2.05) is 0 Å². The molecule has 0 fully saturated rings. The number of aryl methyl sites for hydroxylation is 3. The van der Waals surface area contributed by atoms with Crippen molar-refractivity contribution in [3.05, 3.63) is 89.5 Å². The van der Waals surface area contributed by atoms with Gasteiger partial charge in [0, 0.05) is 0 Å². The molecule has 2 nitrogen and oxygen atoms in total. The van der Waals surface area contributed by atoms with E-state index in [0.29, 0.717) is 6.71 Å². The van der Waals surface area contributed by atoms with E-state index >= 15 is 0 Å². The van der Waals surface area contributed by atoms with Gasteiger partial charge in [-0.2, -0.15) is 0 Å². The second kappa shape index (κ2) is 11.6. The maximum absolute atomic E-state index is 5.25. The molecule has 152 valence electrons. The van der Waals surface area contributed by atoms with Gasteiger partial charge in [-0.15, -0.1) is 0 Å². The van der Waals surface area contributed by atoms with Gasteiger partial charge in [0.1, 0.15) is 0 Å². The van der Waals surface area contributed by atoms with Crippen LogP contribution in [0.25, 0.3) is 0 Å². The lowest BCUT2D eigenvalue weighted by Crippen LogP contribution is -2.54. The molecule has 0 aromatic heterocycles. The molecule has 0 bridgehead atoms. The van der Waals surface area contributed by atoms with Crippen molar-refractivity contribution < 1.29 is 0 Å². The Labute approximate surface area is 177 Å².